The summed E-state index contributed by atoms with van der Waals surface area (Å²) in [5, 5.41) is 5.83. The fourth-order valence-electron chi connectivity index (χ4n) is 2.40. The van der Waals surface area contributed by atoms with Crippen molar-refractivity contribution in [3.05, 3.63) is 20.8 Å². The minimum Gasteiger partial charge on any atom is -0.309 e. The third kappa shape index (κ3) is 3.98. The zero-order valence-corrected chi connectivity index (χ0v) is 13.5. The van der Waals surface area contributed by atoms with Gasteiger partial charge in [-0.15, -0.1) is 11.3 Å². The molecule has 1 saturated heterocycles. The maximum absolute atomic E-state index is 3.67. The van der Waals surface area contributed by atoms with Gasteiger partial charge in [0.1, 0.15) is 0 Å². The molecule has 0 amide bonds. The van der Waals surface area contributed by atoms with Crippen LogP contribution in [0.5, 0.6) is 0 Å². The van der Waals surface area contributed by atoms with Gasteiger partial charge < -0.3 is 5.32 Å². The second kappa shape index (κ2) is 7.17. The molecule has 1 aromatic heterocycles. The van der Waals surface area contributed by atoms with E-state index in [1.165, 1.54) is 40.1 Å². The molecule has 1 fully saturated rings. The molecule has 17 heavy (non-hydrogen) atoms. The van der Waals surface area contributed by atoms with Crippen LogP contribution in [0.3, 0.4) is 0 Å². The van der Waals surface area contributed by atoms with Crippen LogP contribution in [0, 0.1) is 5.92 Å². The highest BCUT2D eigenvalue weighted by Gasteiger charge is 2.21. The minimum absolute atomic E-state index is 0.544. The fraction of sp³-hybridized carbons (Fsp3) is 0.692. The van der Waals surface area contributed by atoms with Crippen molar-refractivity contribution in [2.45, 2.75) is 32.2 Å². The van der Waals surface area contributed by atoms with Gasteiger partial charge in [0.2, 0.25) is 0 Å². The third-order valence-electron chi connectivity index (χ3n) is 3.32. The lowest BCUT2D eigenvalue weighted by molar-refractivity contribution is 0.377. The number of hydrogen-bond donors (Lipinski definition) is 1. The Morgan fingerprint density at radius 3 is 2.82 bits per heavy atom. The molecule has 96 valence electrons. The maximum Gasteiger partial charge on any atom is 0.0428 e. The van der Waals surface area contributed by atoms with E-state index in [1.54, 1.807) is 0 Å². The Hall–Kier alpha value is 0.490. The summed E-state index contributed by atoms with van der Waals surface area (Å²) in [5.74, 6) is 3.62. The van der Waals surface area contributed by atoms with Crippen molar-refractivity contribution in [3.8, 4) is 0 Å². The highest BCUT2D eigenvalue weighted by molar-refractivity contribution is 9.10. The molecule has 0 radical (unpaired) electrons. The number of halogens is 1. The van der Waals surface area contributed by atoms with E-state index in [-0.39, 0.29) is 0 Å². The van der Waals surface area contributed by atoms with Gasteiger partial charge in [-0.3, -0.25) is 0 Å². The first-order valence-corrected chi connectivity index (χ1v) is 9.18. The summed E-state index contributed by atoms with van der Waals surface area (Å²) >= 11 is 7.65. The van der Waals surface area contributed by atoms with Crippen LogP contribution in [0.2, 0.25) is 0 Å². The van der Waals surface area contributed by atoms with E-state index < -0.39 is 0 Å². The summed E-state index contributed by atoms with van der Waals surface area (Å²) in [6.45, 7) is 3.25. The smallest absolute Gasteiger partial charge is 0.0428 e. The van der Waals surface area contributed by atoms with E-state index in [2.05, 4.69) is 51.4 Å². The molecule has 0 bridgehead atoms. The van der Waals surface area contributed by atoms with Crippen LogP contribution in [-0.4, -0.2) is 18.1 Å². The lowest BCUT2D eigenvalue weighted by Gasteiger charge is -2.26. The Balaban J connectivity index is 1.99. The van der Waals surface area contributed by atoms with E-state index in [0.717, 1.165) is 12.5 Å². The highest BCUT2D eigenvalue weighted by atomic mass is 79.9. The van der Waals surface area contributed by atoms with Crippen LogP contribution in [0.4, 0.5) is 0 Å². The molecule has 1 aromatic rings. The fourth-order valence-corrected chi connectivity index (χ4v) is 5.34. The zero-order chi connectivity index (χ0) is 12.1. The van der Waals surface area contributed by atoms with Crippen LogP contribution in [-0.2, 0) is 0 Å². The molecular weight excluding hydrogens is 314 g/mol. The van der Waals surface area contributed by atoms with Crippen molar-refractivity contribution in [2.24, 2.45) is 5.92 Å². The van der Waals surface area contributed by atoms with Gasteiger partial charge in [-0.1, -0.05) is 6.92 Å². The molecule has 2 rings (SSSR count). The number of thiophene rings is 1. The standard InChI is InChI=1S/C13H20BrNS2/c1-2-15-12(13-11(14)5-8-17-13)9-10-3-6-16-7-4-10/h5,8,10,12,15H,2-4,6-7,9H2,1H3. The van der Waals surface area contributed by atoms with Gasteiger partial charge in [0.15, 0.2) is 0 Å². The van der Waals surface area contributed by atoms with Gasteiger partial charge >= 0.3 is 0 Å². The van der Waals surface area contributed by atoms with E-state index in [0.29, 0.717) is 6.04 Å². The Bertz CT molecular complexity index is 334. The van der Waals surface area contributed by atoms with Crippen molar-refractivity contribution in [1.82, 2.24) is 5.32 Å². The second-order valence-electron chi connectivity index (χ2n) is 4.53. The second-order valence-corrected chi connectivity index (χ2v) is 7.56. The predicted molar refractivity (Wildman–Crippen MR) is 83.1 cm³/mol. The predicted octanol–water partition coefficient (Wildman–Crippen LogP) is 4.69. The molecule has 0 aliphatic carbocycles. The molecule has 1 unspecified atom stereocenters. The van der Waals surface area contributed by atoms with Crippen LogP contribution in [0.25, 0.3) is 0 Å². The summed E-state index contributed by atoms with van der Waals surface area (Å²) in [7, 11) is 0. The highest BCUT2D eigenvalue weighted by Crippen LogP contribution is 2.36. The Kier molecular flexibility index (Phi) is 5.87. The molecule has 0 spiro atoms. The largest absolute Gasteiger partial charge is 0.309 e. The Labute approximate surface area is 121 Å². The Morgan fingerprint density at radius 2 is 2.24 bits per heavy atom. The van der Waals surface area contributed by atoms with E-state index in [1.807, 2.05) is 11.3 Å². The summed E-state index contributed by atoms with van der Waals surface area (Å²) in [4.78, 5) is 1.48. The van der Waals surface area contributed by atoms with E-state index >= 15 is 0 Å². The normalized spacial score (nSPS) is 19.4. The van der Waals surface area contributed by atoms with Crippen LogP contribution in [0.15, 0.2) is 15.9 Å². The summed E-state index contributed by atoms with van der Waals surface area (Å²) in [6, 6.07) is 2.71. The number of nitrogens with one attached hydrogen (secondary N) is 1. The van der Waals surface area contributed by atoms with Gasteiger partial charge in [-0.2, -0.15) is 11.8 Å². The van der Waals surface area contributed by atoms with E-state index in [4.69, 9.17) is 0 Å². The van der Waals surface area contributed by atoms with Gasteiger partial charge in [0, 0.05) is 15.4 Å². The van der Waals surface area contributed by atoms with Crippen molar-refractivity contribution < 1.29 is 0 Å². The Morgan fingerprint density at radius 1 is 1.47 bits per heavy atom. The van der Waals surface area contributed by atoms with Crippen molar-refractivity contribution >= 4 is 39.0 Å². The molecule has 1 N–H and O–H groups in total. The van der Waals surface area contributed by atoms with Crippen molar-refractivity contribution in [3.63, 3.8) is 0 Å². The molecule has 0 saturated carbocycles. The lowest BCUT2D eigenvalue weighted by Crippen LogP contribution is -2.24. The van der Waals surface area contributed by atoms with Crippen LogP contribution < -0.4 is 5.32 Å². The first kappa shape index (κ1) is 13.9. The molecule has 2 heterocycles. The lowest BCUT2D eigenvalue weighted by atomic mass is 9.93. The SMILES string of the molecule is CCNC(CC1CCSCC1)c1sccc1Br. The number of thioether (sulfide) groups is 1. The number of rotatable bonds is 5. The van der Waals surface area contributed by atoms with Gasteiger partial charge in [0.25, 0.3) is 0 Å². The molecule has 1 aliphatic rings. The third-order valence-corrected chi connectivity index (χ3v) is 6.35. The maximum atomic E-state index is 3.67. The van der Waals surface area contributed by atoms with Gasteiger partial charge in [0.05, 0.1) is 0 Å². The van der Waals surface area contributed by atoms with Crippen molar-refractivity contribution in [2.75, 3.05) is 18.1 Å². The molecule has 1 aliphatic heterocycles. The molecule has 1 atom stereocenters. The first-order chi connectivity index (χ1) is 8.31. The summed E-state index contributed by atoms with van der Waals surface area (Å²) in [6.07, 6.45) is 4.10. The average Bonchev–Trinajstić information content (AvgIpc) is 2.76. The van der Waals surface area contributed by atoms with Gasteiger partial charge in [-0.05, 0) is 70.6 Å². The molecule has 0 aromatic carbocycles. The van der Waals surface area contributed by atoms with Gasteiger partial charge in [-0.25, -0.2) is 0 Å². The minimum atomic E-state index is 0.544. The monoisotopic (exact) mass is 333 g/mol. The number of hydrogen-bond acceptors (Lipinski definition) is 3. The van der Waals surface area contributed by atoms with Crippen LogP contribution >= 0.6 is 39.0 Å². The molecular formula is C13H20BrNS2. The van der Waals surface area contributed by atoms with Crippen LogP contribution in [0.1, 0.15) is 37.1 Å². The first-order valence-electron chi connectivity index (χ1n) is 6.35. The van der Waals surface area contributed by atoms with E-state index in [9.17, 15) is 0 Å². The average molecular weight is 334 g/mol. The molecule has 4 heteroatoms. The van der Waals surface area contributed by atoms with Crippen molar-refractivity contribution in [1.29, 1.82) is 0 Å². The quantitative estimate of drug-likeness (QED) is 0.838. The summed E-state index contributed by atoms with van der Waals surface area (Å²) < 4.78 is 1.28. The zero-order valence-electron chi connectivity index (χ0n) is 10.2. The topological polar surface area (TPSA) is 12.0 Å². The summed E-state index contributed by atoms with van der Waals surface area (Å²) in [5.41, 5.74) is 0. The molecule has 1 nitrogen and oxygen atoms in total.